The highest BCUT2D eigenvalue weighted by atomic mass is 35.5. The number of hydrogen-bond donors (Lipinski definition) is 0. The van der Waals surface area contributed by atoms with Gasteiger partial charge in [0.05, 0.1) is 17.0 Å². The molecule has 0 atom stereocenters. The van der Waals surface area contributed by atoms with Gasteiger partial charge in [0.1, 0.15) is 5.56 Å². The molecular formula is C15H11ClF3N3O2S. The van der Waals surface area contributed by atoms with Crippen LogP contribution in [0.1, 0.15) is 12.5 Å². The highest BCUT2D eigenvalue weighted by Crippen LogP contribution is 2.39. The maximum atomic E-state index is 13.3. The van der Waals surface area contributed by atoms with Gasteiger partial charge in [0.15, 0.2) is 0 Å². The van der Waals surface area contributed by atoms with Crippen molar-refractivity contribution in [2.24, 2.45) is 0 Å². The first-order chi connectivity index (χ1) is 11.6. The first-order valence-electron chi connectivity index (χ1n) is 7.08. The van der Waals surface area contributed by atoms with Crippen LogP contribution < -0.4 is 0 Å². The van der Waals surface area contributed by atoms with Crippen molar-refractivity contribution in [2.75, 3.05) is 5.75 Å². The Kier molecular flexibility index (Phi) is 4.24. The Labute approximate surface area is 146 Å². The SMILES string of the molecule is CCS(=O)(=O)n1cc(-c2nc(Cl)ncc2C(F)(F)F)c2ccccc21. The molecule has 5 nitrogen and oxygen atoms in total. The zero-order valence-electron chi connectivity index (χ0n) is 12.7. The van der Waals surface area contributed by atoms with E-state index in [9.17, 15) is 21.6 Å². The van der Waals surface area contributed by atoms with Gasteiger partial charge < -0.3 is 0 Å². The van der Waals surface area contributed by atoms with Crippen LogP contribution in [-0.2, 0) is 16.2 Å². The number of hydrogen-bond acceptors (Lipinski definition) is 4. The van der Waals surface area contributed by atoms with Gasteiger partial charge in [-0.1, -0.05) is 18.2 Å². The molecule has 2 aromatic heterocycles. The Morgan fingerprint density at radius 1 is 1.24 bits per heavy atom. The summed E-state index contributed by atoms with van der Waals surface area (Å²) in [5.41, 5.74) is -1.27. The molecule has 2 heterocycles. The van der Waals surface area contributed by atoms with Crippen molar-refractivity contribution in [1.82, 2.24) is 13.9 Å². The molecule has 0 saturated carbocycles. The van der Waals surface area contributed by atoms with Gasteiger partial charge >= 0.3 is 6.18 Å². The van der Waals surface area contributed by atoms with Gasteiger partial charge in [-0.2, -0.15) is 13.2 Å². The minimum atomic E-state index is -4.72. The number of fused-ring (bicyclic) bond motifs is 1. The van der Waals surface area contributed by atoms with Crippen LogP contribution in [-0.4, -0.2) is 28.1 Å². The zero-order chi connectivity index (χ0) is 18.4. The van der Waals surface area contributed by atoms with Gasteiger partial charge in [-0.15, -0.1) is 0 Å². The third kappa shape index (κ3) is 3.09. The molecule has 0 spiro atoms. The number of halogens is 4. The van der Waals surface area contributed by atoms with E-state index >= 15 is 0 Å². The van der Waals surface area contributed by atoms with Crippen LogP contribution in [0.25, 0.3) is 22.2 Å². The summed E-state index contributed by atoms with van der Waals surface area (Å²) in [6.07, 6.45) is -2.99. The molecule has 0 radical (unpaired) electrons. The summed E-state index contributed by atoms with van der Waals surface area (Å²) >= 11 is 5.68. The average molecular weight is 390 g/mol. The molecule has 0 saturated heterocycles. The van der Waals surface area contributed by atoms with Crippen molar-refractivity contribution in [3.63, 3.8) is 0 Å². The second kappa shape index (κ2) is 5.99. The Morgan fingerprint density at radius 2 is 1.92 bits per heavy atom. The van der Waals surface area contributed by atoms with Gasteiger partial charge in [0.25, 0.3) is 0 Å². The van der Waals surface area contributed by atoms with Crippen LogP contribution in [0.3, 0.4) is 0 Å². The molecule has 0 aliphatic rings. The molecule has 1 aromatic carbocycles. The van der Waals surface area contributed by atoms with Crippen LogP contribution >= 0.6 is 11.6 Å². The van der Waals surface area contributed by atoms with Crippen molar-refractivity contribution >= 4 is 32.5 Å². The standard InChI is InChI=1S/C15H11ClF3N3O2S/c1-2-25(23,24)22-8-10(9-5-3-4-6-12(9)22)13-11(15(17,18)19)7-20-14(16)21-13/h3-8H,2H2,1H3. The fourth-order valence-electron chi connectivity index (χ4n) is 2.48. The lowest BCUT2D eigenvalue weighted by atomic mass is 10.1. The van der Waals surface area contributed by atoms with Crippen LogP contribution in [0.2, 0.25) is 5.28 Å². The summed E-state index contributed by atoms with van der Waals surface area (Å²) in [4.78, 5) is 7.10. The second-order valence-corrected chi connectivity index (χ2v) is 7.63. The van der Waals surface area contributed by atoms with E-state index in [1.807, 2.05) is 0 Å². The number of benzene rings is 1. The zero-order valence-corrected chi connectivity index (χ0v) is 14.3. The molecule has 0 fully saturated rings. The Balaban J connectivity index is 2.41. The van der Waals surface area contributed by atoms with Crippen LogP contribution in [0.5, 0.6) is 0 Å². The summed E-state index contributed by atoms with van der Waals surface area (Å²) in [6.45, 7) is 1.45. The molecule has 0 amide bonds. The van der Waals surface area contributed by atoms with Crippen molar-refractivity contribution in [3.05, 3.63) is 47.5 Å². The summed E-state index contributed by atoms with van der Waals surface area (Å²) in [5.74, 6) is -0.207. The Hall–Kier alpha value is -2.13. The maximum Gasteiger partial charge on any atom is 0.419 e. The summed E-state index contributed by atoms with van der Waals surface area (Å²) < 4.78 is 65.5. The van der Waals surface area contributed by atoms with Gasteiger partial charge in [0, 0.05) is 23.3 Å². The molecule has 132 valence electrons. The van der Waals surface area contributed by atoms with E-state index in [1.54, 1.807) is 12.1 Å². The average Bonchev–Trinajstić information content (AvgIpc) is 2.94. The third-order valence-corrected chi connectivity index (χ3v) is 5.48. The van der Waals surface area contributed by atoms with Crippen molar-refractivity contribution in [3.8, 4) is 11.3 Å². The van der Waals surface area contributed by atoms with E-state index in [-0.39, 0.29) is 22.1 Å². The molecule has 3 rings (SSSR count). The number of alkyl halides is 3. The van der Waals surface area contributed by atoms with E-state index in [0.717, 1.165) is 10.2 Å². The van der Waals surface area contributed by atoms with Crippen LogP contribution in [0, 0.1) is 0 Å². The molecule has 25 heavy (non-hydrogen) atoms. The van der Waals surface area contributed by atoms with E-state index in [2.05, 4.69) is 9.97 Å². The quantitative estimate of drug-likeness (QED) is 0.636. The lowest BCUT2D eigenvalue weighted by molar-refractivity contribution is -0.137. The van der Waals surface area contributed by atoms with Gasteiger partial charge in [0.2, 0.25) is 15.3 Å². The number of rotatable bonds is 3. The molecule has 0 N–H and O–H groups in total. The molecule has 0 aliphatic heterocycles. The van der Waals surface area contributed by atoms with E-state index in [4.69, 9.17) is 11.6 Å². The molecule has 10 heteroatoms. The lowest BCUT2D eigenvalue weighted by Crippen LogP contribution is -2.13. The highest BCUT2D eigenvalue weighted by molar-refractivity contribution is 7.90. The van der Waals surface area contributed by atoms with Gasteiger partial charge in [-0.05, 0) is 24.6 Å². The van der Waals surface area contributed by atoms with E-state index in [0.29, 0.717) is 11.6 Å². The number of para-hydroxylation sites is 1. The van der Waals surface area contributed by atoms with Crippen LogP contribution in [0.15, 0.2) is 36.7 Å². The Bertz CT molecular complexity index is 1060. The van der Waals surface area contributed by atoms with E-state index in [1.165, 1.54) is 19.1 Å². The van der Waals surface area contributed by atoms with Crippen molar-refractivity contribution in [1.29, 1.82) is 0 Å². The fourth-order valence-corrected chi connectivity index (χ4v) is 3.62. The minimum Gasteiger partial charge on any atom is -0.244 e. The number of nitrogens with zero attached hydrogens (tertiary/aromatic N) is 3. The first kappa shape index (κ1) is 17.7. The summed E-state index contributed by atoms with van der Waals surface area (Å²) in [5, 5.41) is -0.0435. The second-order valence-electron chi connectivity index (χ2n) is 5.16. The predicted molar refractivity (Wildman–Crippen MR) is 87.8 cm³/mol. The van der Waals surface area contributed by atoms with Crippen LogP contribution in [0.4, 0.5) is 13.2 Å². The predicted octanol–water partition coefficient (Wildman–Crippen LogP) is 3.97. The molecule has 0 aliphatic carbocycles. The summed E-state index contributed by atoms with van der Waals surface area (Å²) in [6, 6.07) is 6.25. The Morgan fingerprint density at radius 3 is 2.56 bits per heavy atom. The monoisotopic (exact) mass is 389 g/mol. The van der Waals surface area contributed by atoms with Crippen molar-refractivity contribution in [2.45, 2.75) is 13.1 Å². The smallest absolute Gasteiger partial charge is 0.244 e. The molecule has 0 bridgehead atoms. The number of aromatic nitrogens is 3. The maximum absolute atomic E-state index is 13.3. The molecule has 0 unspecified atom stereocenters. The minimum absolute atomic E-state index is 0.0178. The van der Waals surface area contributed by atoms with Gasteiger partial charge in [-0.3, -0.25) is 0 Å². The topological polar surface area (TPSA) is 64.8 Å². The summed E-state index contributed by atoms with van der Waals surface area (Å²) in [7, 11) is -3.71. The van der Waals surface area contributed by atoms with Crippen molar-refractivity contribution < 1.29 is 21.6 Å². The molecule has 3 aromatic rings. The first-order valence-corrected chi connectivity index (χ1v) is 9.07. The third-order valence-electron chi connectivity index (χ3n) is 3.66. The van der Waals surface area contributed by atoms with E-state index < -0.39 is 27.5 Å². The molecular weight excluding hydrogens is 379 g/mol. The lowest BCUT2D eigenvalue weighted by Gasteiger charge is -2.11. The normalized spacial score (nSPS) is 12.7. The van der Waals surface area contributed by atoms with Gasteiger partial charge in [-0.25, -0.2) is 22.4 Å². The fraction of sp³-hybridized carbons (Fsp3) is 0.200. The highest BCUT2D eigenvalue weighted by Gasteiger charge is 2.36. The largest absolute Gasteiger partial charge is 0.419 e.